The third-order valence-corrected chi connectivity index (χ3v) is 2.73. The number of carbonyl (C=O) groups excluding carboxylic acids is 1. The number of ether oxygens (including phenoxy) is 2. The highest BCUT2D eigenvalue weighted by molar-refractivity contribution is 5.91. The van der Waals surface area contributed by atoms with Gasteiger partial charge in [0.25, 0.3) is 0 Å². The van der Waals surface area contributed by atoms with Crippen LogP contribution in [0.25, 0.3) is 0 Å². The third-order valence-electron chi connectivity index (χ3n) is 2.73. The monoisotopic (exact) mass is 298 g/mol. The number of benzene rings is 2. The van der Waals surface area contributed by atoms with Crippen molar-refractivity contribution in [3.8, 4) is 17.2 Å². The fraction of sp³-hybridized carbons (Fsp3) is 0.0588. The molecule has 0 aliphatic rings. The predicted molar refractivity (Wildman–Crippen MR) is 80.4 cm³/mol. The second kappa shape index (κ2) is 6.58. The molecule has 0 aliphatic carbocycles. The molecule has 0 aromatic heterocycles. The van der Waals surface area contributed by atoms with Crippen LogP contribution < -0.4 is 9.47 Å². The Balaban J connectivity index is 2.14. The Morgan fingerprint density at radius 2 is 1.59 bits per heavy atom. The molecule has 2 rings (SSSR count). The first-order valence-electron chi connectivity index (χ1n) is 6.45. The summed E-state index contributed by atoms with van der Waals surface area (Å²) in [7, 11) is 0. The van der Waals surface area contributed by atoms with Crippen LogP contribution >= 0.6 is 0 Å². The Labute approximate surface area is 127 Å². The molecule has 1 N–H and O–H groups in total. The van der Waals surface area contributed by atoms with Crippen molar-refractivity contribution < 1.29 is 24.2 Å². The lowest BCUT2D eigenvalue weighted by atomic mass is 10.2. The van der Waals surface area contributed by atoms with Crippen molar-refractivity contribution in [3.05, 3.63) is 66.2 Å². The van der Waals surface area contributed by atoms with E-state index in [-0.39, 0.29) is 11.3 Å². The number of carboxylic acid groups (broad SMARTS) is 1. The summed E-state index contributed by atoms with van der Waals surface area (Å²) in [5.74, 6) is -0.551. The van der Waals surface area contributed by atoms with Crippen LogP contribution in [0.1, 0.15) is 17.3 Å². The first kappa shape index (κ1) is 15.3. The quantitative estimate of drug-likeness (QED) is 0.518. The van der Waals surface area contributed by atoms with Crippen LogP contribution in [-0.2, 0) is 4.79 Å². The number of rotatable bonds is 5. The van der Waals surface area contributed by atoms with Crippen LogP contribution in [-0.4, -0.2) is 17.0 Å². The van der Waals surface area contributed by atoms with E-state index in [2.05, 4.69) is 6.58 Å². The van der Waals surface area contributed by atoms with Gasteiger partial charge in [-0.15, -0.1) is 0 Å². The summed E-state index contributed by atoms with van der Waals surface area (Å²) in [4.78, 5) is 22.5. The SMILES string of the molecule is C=C(C)C(=O)Oc1ccc(Oc2ccccc2C(=O)O)cc1. The van der Waals surface area contributed by atoms with E-state index in [1.54, 1.807) is 49.4 Å². The van der Waals surface area contributed by atoms with E-state index in [4.69, 9.17) is 14.6 Å². The van der Waals surface area contributed by atoms with E-state index < -0.39 is 11.9 Å². The highest BCUT2D eigenvalue weighted by Gasteiger charge is 2.11. The first-order chi connectivity index (χ1) is 10.5. The smallest absolute Gasteiger partial charge is 0.339 e. The minimum atomic E-state index is -1.07. The average molecular weight is 298 g/mol. The molecule has 0 saturated heterocycles. The number of hydrogen-bond donors (Lipinski definition) is 1. The van der Waals surface area contributed by atoms with Gasteiger partial charge < -0.3 is 14.6 Å². The van der Waals surface area contributed by atoms with Crippen molar-refractivity contribution in [2.24, 2.45) is 0 Å². The zero-order valence-corrected chi connectivity index (χ0v) is 11.9. The van der Waals surface area contributed by atoms with Gasteiger partial charge in [0, 0.05) is 5.57 Å². The summed E-state index contributed by atoms with van der Waals surface area (Å²) in [5, 5.41) is 9.09. The zero-order chi connectivity index (χ0) is 16.1. The highest BCUT2D eigenvalue weighted by atomic mass is 16.5. The summed E-state index contributed by atoms with van der Waals surface area (Å²) in [6.07, 6.45) is 0. The molecule has 112 valence electrons. The Bertz CT molecular complexity index is 716. The standard InChI is InChI=1S/C17H14O5/c1-11(2)17(20)22-13-9-7-12(8-10-13)21-15-6-4-3-5-14(15)16(18)19/h3-10H,1H2,2H3,(H,18,19). The molecular formula is C17H14O5. The number of carboxylic acids is 1. The highest BCUT2D eigenvalue weighted by Crippen LogP contribution is 2.27. The van der Waals surface area contributed by atoms with Crippen LogP contribution in [0, 0.1) is 0 Å². The molecular weight excluding hydrogens is 284 g/mol. The number of carbonyl (C=O) groups is 2. The molecule has 0 atom stereocenters. The van der Waals surface area contributed by atoms with Gasteiger partial charge in [-0.1, -0.05) is 18.7 Å². The molecule has 5 heteroatoms. The van der Waals surface area contributed by atoms with Gasteiger partial charge in [-0.05, 0) is 43.3 Å². The van der Waals surface area contributed by atoms with Gasteiger partial charge in [-0.25, -0.2) is 9.59 Å². The summed E-state index contributed by atoms with van der Waals surface area (Å²) < 4.78 is 10.6. The van der Waals surface area contributed by atoms with Crippen LogP contribution in [0.2, 0.25) is 0 Å². The Kier molecular flexibility index (Phi) is 4.58. The molecule has 0 heterocycles. The van der Waals surface area contributed by atoms with Gasteiger partial charge in [0.1, 0.15) is 22.8 Å². The van der Waals surface area contributed by atoms with Crippen molar-refractivity contribution in [2.45, 2.75) is 6.92 Å². The van der Waals surface area contributed by atoms with E-state index in [0.29, 0.717) is 17.1 Å². The van der Waals surface area contributed by atoms with Crippen molar-refractivity contribution in [1.82, 2.24) is 0 Å². The lowest BCUT2D eigenvalue weighted by Crippen LogP contribution is -2.07. The number of esters is 1. The van der Waals surface area contributed by atoms with Gasteiger partial charge in [-0.3, -0.25) is 0 Å². The third kappa shape index (κ3) is 3.73. The molecule has 0 fully saturated rings. The normalized spacial score (nSPS) is 9.86. The molecule has 0 aliphatic heterocycles. The van der Waals surface area contributed by atoms with Crippen LogP contribution in [0.15, 0.2) is 60.7 Å². The molecule has 2 aromatic carbocycles. The fourth-order valence-corrected chi connectivity index (χ4v) is 1.63. The van der Waals surface area contributed by atoms with Crippen molar-refractivity contribution in [2.75, 3.05) is 0 Å². The minimum absolute atomic E-state index is 0.0697. The predicted octanol–water partition coefficient (Wildman–Crippen LogP) is 3.66. The van der Waals surface area contributed by atoms with E-state index in [9.17, 15) is 9.59 Å². The minimum Gasteiger partial charge on any atom is -0.478 e. The first-order valence-corrected chi connectivity index (χ1v) is 6.45. The Morgan fingerprint density at radius 3 is 2.18 bits per heavy atom. The topological polar surface area (TPSA) is 72.8 Å². The maximum Gasteiger partial charge on any atom is 0.339 e. The Morgan fingerprint density at radius 1 is 1.00 bits per heavy atom. The van der Waals surface area contributed by atoms with Crippen molar-refractivity contribution in [1.29, 1.82) is 0 Å². The number of para-hydroxylation sites is 1. The van der Waals surface area contributed by atoms with Crippen molar-refractivity contribution >= 4 is 11.9 Å². The lowest BCUT2D eigenvalue weighted by molar-refractivity contribution is -0.130. The second-order valence-electron chi connectivity index (χ2n) is 4.54. The molecule has 0 bridgehead atoms. The fourth-order valence-electron chi connectivity index (χ4n) is 1.63. The van der Waals surface area contributed by atoms with Gasteiger partial charge in [-0.2, -0.15) is 0 Å². The maximum atomic E-state index is 11.4. The van der Waals surface area contributed by atoms with E-state index in [0.717, 1.165) is 0 Å². The molecule has 0 amide bonds. The number of aromatic carboxylic acids is 1. The molecule has 2 aromatic rings. The number of hydrogen-bond acceptors (Lipinski definition) is 4. The lowest BCUT2D eigenvalue weighted by Gasteiger charge is -2.09. The molecule has 0 unspecified atom stereocenters. The van der Waals surface area contributed by atoms with Crippen molar-refractivity contribution in [3.63, 3.8) is 0 Å². The van der Waals surface area contributed by atoms with Crippen LogP contribution in [0.3, 0.4) is 0 Å². The molecule has 0 saturated carbocycles. The Hall–Kier alpha value is -3.08. The van der Waals surface area contributed by atoms with Gasteiger partial charge in [0.05, 0.1) is 0 Å². The summed E-state index contributed by atoms with van der Waals surface area (Å²) >= 11 is 0. The van der Waals surface area contributed by atoms with E-state index in [1.165, 1.54) is 6.07 Å². The van der Waals surface area contributed by atoms with Crippen LogP contribution in [0.5, 0.6) is 17.2 Å². The van der Waals surface area contributed by atoms with Gasteiger partial charge in [0.15, 0.2) is 0 Å². The average Bonchev–Trinajstić information content (AvgIpc) is 2.49. The molecule has 5 nitrogen and oxygen atoms in total. The van der Waals surface area contributed by atoms with E-state index >= 15 is 0 Å². The van der Waals surface area contributed by atoms with Gasteiger partial charge in [0.2, 0.25) is 0 Å². The summed E-state index contributed by atoms with van der Waals surface area (Å²) in [5.41, 5.74) is 0.371. The second-order valence-corrected chi connectivity index (χ2v) is 4.54. The summed E-state index contributed by atoms with van der Waals surface area (Å²) in [6, 6.07) is 12.6. The largest absolute Gasteiger partial charge is 0.478 e. The van der Waals surface area contributed by atoms with E-state index in [1.807, 2.05) is 0 Å². The van der Waals surface area contributed by atoms with Gasteiger partial charge >= 0.3 is 11.9 Å². The maximum absolute atomic E-state index is 11.4. The summed E-state index contributed by atoms with van der Waals surface area (Å²) in [6.45, 7) is 5.05. The van der Waals surface area contributed by atoms with Crippen LogP contribution in [0.4, 0.5) is 0 Å². The molecule has 0 radical (unpaired) electrons. The molecule has 22 heavy (non-hydrogen) atoms. The zero-order valence-electron chi connectivity index (χ0n) is 11.9. The molecule has 0 spiro atoms.